The Morgan fingerprint density at radius 2 is 2.07 bits per heavy atom. The number of likely N-dealkylation sites (tertiary alicyclic amines) is 1. The standard InChI is InChI=1S/C19H25BN2O8/c1-10(6-14(24)13(21)9-23)18(25)22-7-12(8-22)29-15-3-2-11-4-5-20(28)30-17(11)16(15)19(26)27/h2-3,10,12-13,23,28H,4-9,21H2,1H3,(H,26,27)/t10-,13+/m0/s1. The number of carboxylic acid groups (broad SMARTS) is 1. The van der Waals surface area contributed by atoms with E-state index in [0.29, 0.717) is 18.3 Å². The molecule has 0 bridgehead atoms. The number of aliphatic hydroxyl groups is 1. The van der Waals surface area contributed by atoms with Crippen LogP contribution < -0.4 is 15.1 Å². The highest BCUT2D eigenvalue weighted by atomic mass is 16.5. The van der Waals surface area contributed by atoms with Gasteiger partial charge in [0.15, 0.2) is 5.78 Å². The van der Waals surface area contributed by atoms with Crippen molar-refractivity contribution in [1.82, 2.24) is 4.90 Å². The second-order valence-corrected chi connectivity index (χ2v) is 7.69. The molecule has 1 aromatic rings. The fourth-order valence-electron chi connectivity index (χ4n) is 3.54. The average molecular weight is 420 g/mol. The van der Waals surface area contributed by atoms with Gasteiger partial charge in [-0.1, -0.05) is 13.0 Å². The van der Waals surface area contributed by atoms with E-state index >= 15 is 0 Å². The summed E-state index contributed by atoms with van der Waals surface area (Å²) >= 11 is 0. The monoisotopic (exact) mass is 420 g/mol. The molecule has 2 atom stereocenters. The fourth-order valence-corrected chi connectivity index (χ4v) is 3.54. The van der Waals surface area contributed by atoms with Gasteiger partial charge in [-0.25, -0.2) is 4.79 Å². The minimum atomic E-state index is -1.23. The van der Waals surface area contributed by atoms with Gasteiger partial charge in [0.05, 0.1) is 25.7 Å². The average Bonchev–Trinajstić information content (AvgIpc) is 2.68. The van der Waals surface area contributed by atoms with E-state index in [4.69, 9.17) is 20.2 Å². The Labute approximate surface area is 173 Å². The number of hydrogen-bond acceptors (Lipinski definition) is 8. The van der Waals surface area contributed by atoms with Crippen LogP contribution in [0.4, 0.5) is 0 Å². The van der Waals surface area contributed by atoms with Crippen molar-refractivity contribution in [3.63, 3.8) is 0 Å². The molecule has 0 saturated carbocycles. The van der Waals surface area contributed by atoms with E-state index in [9.17, 15) is 24.5 Å². The van der Waals surface area contributed by atoms with Gasteiger partial charge in [0.1, 0.15) is 23.2 Å². The fraction of sp³-hybridized carbons (Fsp3) is 0.526. The number of hydrogen-bond donors (Lipinski definition) is 4. The van der Waals surface area contributed by atoms with Crippen molar-refractivity contribution in [1.29, 1.82) is 0 Å². The summed E-state index contributed by atoms with van der Waals surface area (Å²) in [6.07, 6.45) is 0.423. The molecule has 2 heterocycles. The third-order valence-corrected chi connectivity index (χ3v) is 5.32. The summed E-state index contributed by atoms with van der Waals surface area (Å²) in [5.41, 5.74) is 6.02. The number of ether oxygens (including phenoxy) is 1. The quantitative estimate of drug-likeness (QED) is 0.399. The van der Waals surface area contributed by atoms with Crippen LogP contribution in [0.25, 0.3) is 0 Å². The molecule has 1 aromatic carbocycles. The van der Waals surface area contributed by atoms with E-state index < -0.39 is 37.8 Å². The maximum absolute atomic E-state index is 12.4. The Morgan fingerprint density at radius 3 is 2.70 bits per heavy atom. The summed E-state index contributed by atoms with van der Waals surface area (Å²) in [4.78, 5) is 37.5. The maximum atomic E-state index is 12.4. The summed E-state index contributed by atoms with van der Waals surface area (Å²) in [5.74, 6) is -2.19. The van der Waals surface area contributed by atoms with E-state index in [0.717, 1.165) is 0 Å². The Bertz CT molecular complexity index is 842. The normalized spacial score (nSPS) is 18.0. The molecule has 5 N–H and O–H groups in total. The lowest BCUT2D eigenvalue weighted by molar-refractivity contribution is -0.145. The number of rotatable bonds is 8. The molecule has 0 unspecified atom stereocenters. The molecule has 0 aliphatic carbocycles. The number of aryl methyl sites for hydroxylation is 1. The molecule has 0 aromatic heterocycles. The summed E-state index contributed by atoms with van der Waals surface area (Å²) < 4.78 is 11.1. The number of ketones is 1. The number of benzene rings is 1. The maximum Gasteiger partial charge on any atom is 0.522 e. The number of amides is 1. The third-order valence-electron chi connectivity index (χ3n) is 5.32. The highest BCUT2D eigenvalue weighted by Crippen LogP contribution is 2.37. The zero-order valence-corrected chi connectivity index (χ0v) is 16.6. The predicted octanol–water partition coefficient (Wildman–Crippen LogP) is -0.695. The second kappa shape index (κ2) is 9.03. The topological polar surface area (TPSA) is 160 Å². The smallest absolute Gasteiger partial charge is 0.522 e. The van der Waals surface area contributed by atoms with Gasteiger partial charge in [0.25, 0.3) is 0 Å². The molecule has 2 aliphatic rings. The van der Waals surface area contributed by atoms with E-state index in [1.54, 1.807) is 19.1 Å². The van der Waals surface area contributed by atoms with Gasteiger partial charge in [0.2, 0.25) is 5.91 Å². The molecule has 0 spiro atoms. The summed E-state index contributed by atoms with van der Waals surface area (Å²) in [7, 11) is -1.06. The Kier molecular flexibility index (Phi) is 6.64. The van der Waals surface area contributed by atoms with Crippen LogP contribution in [-0.4, -0.2) is 76.8 Å². The lowest BCUT2D eigenvalue weighted by atomic mass is 9.78. The van der Waals surface area contributed by atoms with Crippen molar-refractivity contribution in [2.24, 2.45) is 11.7 Å². The molecular formula is C19H25BN2O8. The predicted molar refractivity (Wildman–Crippen MR) is 105 cm³/mol. The second-order valence-electron chi connectivity index (χ2n) is 7.69. The molecule has 0 radical (unpaired) electrons. The highest BCUT2D eigenvalue weighted by molar-refractivity contribution is 6.44. The van der Waals surface area contributed by atoms with Gasteiger partial charge >= 0.3 is 13.1 Å². The first-order valence-electron chi connectivity index (χ1n) is 9.79. The third kappa shape index (κ3) is 4.58. The van der Waals surface area contributed by atoms with Crippen LogP contribution in [0.15, 0.2) is 12.1 Å². The van der Waals surface area contributed by atoms with Gasteiger partial charge in [-0.05, 0) is 24.4 Å². The van der Waals surface area contributed by atoms with Crippen molar-refractivity contribution in [2.45, 2.75) is 38.2 Å². The molecule has 10 nitrogen and oxygen atoms in total. The molecule has 30 heavy (non-hydrogen) atoms. The van der Waals surface area contributed by atoms with Gasteiger partial charge < -0.3 is 35.3 Å². The zero-order chi connectivity index (χ0) is 22.0. The lowest BCUT2D eigenvalue weighted by Crippen LogP contribution is -2.57. The van der Waals surface area contributed by atoms with Crippen LogP contribution in [0.3, 0.4) is 0 Å². The lowest BCUT2D eigenvalue weighted by Gasteiger charge is -2.40. The van der Waals surface area contributed by atoms with Crippen LogP contribution >= 0.6 is 0 Å². The van der Waals surface area contributed by atoms with Gasteiger partial charge in [0, 0.05) is 12.3 Å². The van der Waals surface area contributed by atoms with Gasteiger partial charge in [-0.2, -0.15) is 0 Å². The number of aliphatic hydroxyl groups excluding tert-OH is 1. The molecule has 1 fully saturated rings. The highest BCUT2D eigenvalue weighted by Gasteiger charge is 2.37. The van der Waals surface area contributed by atoms with Crippen molar-refractivity contribution < 1.29 is 39.0 Å². The number of aromatic carboxylic acids is 1. The SMILES string of the molecule is C[C@@H](CC(=O)[C@H](N)CO)C(=O)N1CC(Oc2ccc3c(c2C(=O)O)OB(O)CC3)C1. The van der Waals surface area contributed by atoms with E-state index in [2.05, 4.69) is 0 Å². The zero-order valence-electron chi connectivity index (χ0n) is 16.6. The van der Waals surface area contributed by atoms with E-state index in [1.807, 2.05) is 0 Å². The van der Waals surface area contributed by atoms with Crippen LogP contribution in [0, 0.1) is 5.92 Å². The number of Topliss-reactive ketones (excluding diaryl/α,β-unsaturated/α-hetero) is 1. The Morgan fingerprint density at radius 1 is 1.37 bits per heavy atom. The van der Waals surface area contributed by atoms with Gasteiger partial charge in [-0.3, -0.25) is 9.59 Å². The van der Waals surface area contributed by atoms with Crippen LogP contribution in [-0.2, 0) is 16.0 Å². The molecule has 3 rings (SSSR count). The number of carbonyl (C=O) groups excluding carboxylic acids is 2. The van der Waals surface area contributed by atoms with Crippen molar-refractivity contribution in [3.05, 3.63) is 23.3 Å². The number of carbonyl (C=O) groups is 3. The first kappa shape index (κ1) is 22.1. The van der Waals surface area contributed by atoms with Crippen molar-refractivity contribution in [3.8, 4) is 11.5 Å². The van der Waals surface area contributed by atoms with Gasteiger partial charge in [-0.15, -0.1) is 0 Å². The molecular weight excluding hydrogens is 395 g/mol. The minimum absolute atomic E-state index is 0.0593. The van der Waals surface area contributed by atoms with Crippen molar-refractivity contribution >= 4 is 24.8 Å². The number of nitrogens with zero attached hydrogens (tertiary/aromatic N) is 1. The summed E-state index contributed by atoms with van der Waals surface area (Å²) in [6.45, 7) is 1.66. The first-order chi connectivity index (χ1) is 14.2. The minimum Gasteiger partial charge on any atom is -0.535 e. The number of carboxylic acids is 1. The molecule has 1 amide bonds. The summed E-state index contributed by atoms with van der Waals surface area (Å²) in [6, 6.07) is 2.28. The first-order valence-corrected chi connectivity index (χ1v) is 9.79. The summed E-state index contributed by atoms with van der Waals surface area (Å²) in [5, 5.41) is 28.2. The Balaban J connectivity index is 1.61. The number of fused-ring (bicyclic) bond motifs is 1. The van der Waals surface area contributed by atoms with Crippen LogP contribution in [0.1, 0.15) is 29.3 Å². The number of nitrogens with two attached hydrogens (primary N) is 1. The molecule has 1 saturated heterocycles. The van der Waals surface area contributed by atoms with Crippen LogP contribution in [0.5, 0.6) is 11.5 Å². The van der Waals surface area contributed by atoms with E-state index in [-0.39, 0.29) is 48.3 Å². The van der Waals surface area contributed by atoms with E-state index in [1.165, 1.54) is 4.90 Å². The Hall–Kier alpha value is -2.63. The van der Waals surface area contributed by atoms with Crippen LogP contribution in [0.2, 0.25) is 6.32 Å². The van der Waals surface area contributed by atoms with Crippen molar-refractivity contribution in [2.75, 3.05) is 19.7 Å². The molecule has 2 aliphatic heterocycles. The largest absolute Gasteiger partial charge is 0.535 e. The molecule has 11 heteroatoms. The molecule has 162 valence electrons.